The van der Waals surface area contributed by atoms with Gasteiger partial charge in [0, 0.05) is 10.4 Å². The molecule has 1 nitrogen and oxygen atoms in total. The fraction of sp³-hybridized carbons (Fsp3) is 0.308. The molecule has 0 N–H and O–H groups in total. The number of hydrogen-bond donors (Lipinski definition) is 0. The van der Waals surface area contributed by atoms with Crippen molar-refractivity contribution < 1.29 is 4.79 Å². The van der Waals surface area contributed by atoms with Gasteiger partial charge in [0.25, 0.3) is 0 Å². The first-order chi connectivity index (χ1) is 7.00. The lowest BCUT2D eigenvalue weighted by molar-refractivity contribution is -0.117. The van der Waals surface area contributed by atoms with Gasteiger partial charge in [-0.25, -0.2) is 0 Å². The molecule has 0 aromatic heterocycles. The van der Waals surface area contributed by atoms with Crippen LogP contribution in [-0.4, -0.2) is 5.78 Å². The smallest absolute Gasteiger partial charge is 0.158 e. The maximum Gasteiger partial charge on any atom is 0.158 e. The zero-order valence-electron chi connectivity index (χ0n) is 9.25. The monoisotopic (exact) mass is 266 g/mol. The zero-order chi connectivity index (χ0) is 11.4. The van der Waals surface area contributed by atoms with Crippen LogP contribution in [0.25, 0.3) is 6.08 Å². The second-order valence-electron chi connectivity index (χ2n) is 3.89. The van der Waals surface area contributed by atoms with Gasteiger partial charge in [0.2, 0.25) is 0 Å². The van der Waals surface area contributed by atoms with E-state index in [0.717, 1.165) is 10.0 Å². The number of aryl methyl sites for hydroxylation is 1. The summed E-state index contributed by atoms with van der Waals surface area (Å²) < 4.78 is 1.03. The Morgan fingerprint density at radius 1 is 1.40 bits per heavy atom. The van der Waals surface area contributed by atoms with Gasteiger partial charge in [-0.15, -0.1) is 0 Å². The Bertz CT molecular complexity index is 392. The van der Waals surface area contributed by atoms with Crippen molar-refractivity contribution in [2.45, 2.75) is 20.8 Å². The first kappa shape index (κ1) is 12.2. The lowest BCUT2D eigenvalue weighted by atomic mass is 10.1. The molecule has 0 aliphatic carbocycles. The molecule has 2 heteroatoms. The SMILES string of the molecule is Cc1ccc(Br)cc1/C=C/C(=O)C(C)C. The van der Waals surface area contributed by atoms with E-state index >= 15 is 0 Å². The molecule has 0 bridgehead atoms. The van der Waals surface area contributed by atoms with Gasteiger partial charge in [-0.2, -0.15) is 0 Å². The van der Waals surface area contributed by atoms with Crippen LogP contribution < -0.4 is 0 Å². The summed E-state index contributed by atoms with van der Waals surface area (Å²) in [5, 5.41) is 0. The number of rotatable bonds is 3. The minimum atomic E-state index is 0.0636. The van der Waals surface area contributed by atoms with E-state index in [0.29, 0.717) is 0 Å². The molecule has 1 aromatic carbocycles. The number of carbonyl (C=O) groups excluding carboxylic acids is 1. The van der Waals surface area contributed by atoms with E-state index in [-0.39, 0.29) is 11.7 Å². The van der Waals surface area contributed by atoms with E-state index in [1.165, 1.54) is 5.56 Å². The van der Waals surface area contributed by atoms with Crippen LogP contribution in [0.3, 0.4) is 0 Å². The molecule has 15 heavy (non-hydrogen) atoms. The molecule has 0 spiro atoms. The Labute approximate surface area is 99.3 Å². The van der Waals surface area contributed by atoms with Crippen molar-refractivity contribution in [2.24, 2.45) is 5.92 Å². The van der Waals surface area contributed by atoms with Gasteiger partial charge >= 0.3 is 0 Å². The molecule has 0 unspecified atom stereocenters. The standard InChI is InChI=1S/C13H15BrO/c1-9(2)13(15)7-5-11-8-12(14)6-4-10(11)3/h4-9H,1-3H3/b7-5+. The predicted octanol–water partition coefficient (Wildman–Crippen LogP) is 4.00. The summed E-state index contributed by atoms with van der Waals surface area (Å²) in [7, 11) is 0. The Balaban J connectivity index is 2.89. The van der Waals surface area contributed by atoms with E-state index in [9.17, 15) is 4.79 Å². The van der Waals surface area contributed by atoms with Crippen LogP contribution in [0.1, 0.15) is 25.0 Å². The fourth-order valence-corrected chi connectivity index (χ4v) is 1.53. The quantitative estimate of drug-likeness (QED) is 0.756. The summed E-state index contributed by atoms with van der Waals surface area (Å²) >= 11 is 3.41. The summed E-state index contributed by atoms with van der Waals surface area (Å²) in [6.45, 7) is 5.84. The first-order valence-corrected chi connectivity index (χ1v) is 5.78. The maximum atomic E-state index is 11.4. The number of carbonyl (C=O) groups is 1. The van der Waals surface area contributed by atoms with Crippen molar-refractivity contribution in [1.29, 1.82) is 0 Å². The Kier molecular flexibility index (Phi) is 4.28. The fourth-order valence-electron chi connectivity index (χ4n) is 1.16. The van der Waals surface area contributed by atoms with E-state index in [4.69, 9.17) is 0 Å². The molecule has 0 atom stereocenters. The van der Waals surface area contributed by atoms with Gasteiger partial charge in [0.1, 0.15) is 0 Å². The molecule has 0 radical (unpaired) electrons. The molecule has 0 aliphatic heterocycles. The molecule has 1 aromatic rings. The second-order valence-corrected chi connectivity index (χ2v) is 4.81. The highest BCUT2D eigenvalue weighted by Crippen LogP contribution is 2.17. The van der Waals surface area contributed by atoms with Crippen molar-refractivity contribution in [3.8, 4) is 0 Å². The average Bonchev–Trinajstić information content (AvgIpc) is 2.18. The maximum absolute atomic E-state index is 11.4. The van der Waals surface area contributed by atoms with Crippen LogP contribution >= 0.6 is 15.9 Å². The molecule has 0 fully saturated rings. The summed E-state index contributed by atoms with van der Waals surface area (Å²) in [5.74, 6) is 0.225. The van der Waals surface area contributed by atoms with Crippen molar-refractivity contribution >= 4 is 27.8 Å². The summed E-state index contributed by atoms with van der Waals surface area (Å²) in [6.07, 6.45) is 3.53. The van der Waals surface area contributed by atoms with E-state index < -0.39 is 0 Å². The van der Waals surface area contributed by atoms with Crippen LogP contribution in [0, 0.1) is 12.8 Å². The minimum Gasteiger partial charge on any atom is -0.295 e. The highest BCUT2D eigenvalue weighted by Gasteiger charge is 2.02. The molecule has 80 valence electrons. The van der Waals surface area contributed by atoms with Crippen LogP contribution in [0.5, 0.6) is 0 Å². The molecular weight excluding hydrogens is 252 g/mol. The first-order valence-electron chi connectivity index (χ1n) is 4.99. The third-order valence-electron chi connectivity index (χ3n) is 2.24. The normalized spacial score (nSPS) is 11.3. The highest BCUT2D eigenvalue weighted by atomic mass is 79.9. The molecule has 0 heterocycles. The minimum absolute atomic E-state index is 0.0636. The molecule has 0 aliphatic rings. The second kappa shape index (κ2) is 5.26. The van der Waals surface area contributed by atoms with Crippen molar-refractivity contribution in [3.05, 3.63) is 39.9 Å². The predicted molar refractivity (Wildman–Crippen MR) is 67.8 cm³/mol. The van der Waals surface area contributed by atoms with E-state index in [1.807, 2.05) is 45.0 Å². The Morgan fingerprint density at radius 3 is 2.67 bits per heavy atom. The number of halogens is 1. The van der Waals surface area contributed by atoms with Crippen molar-refractivity contribution in [1.82, 2.24) is 0 Å². The third kappa shape index (κ3) is 3.63. The molecule has 0 amide bonds. The Morgan fingerprint density at radius 2 is 2.07 bits per heavy atom. The van der Waals surface area contributed by atoms with Crippen LogP contribution in [0.15, 0.2) is 28.7 Å². The summed E-state index contributed by atoms with van der Waals surface area (Å²) in [5.41, 5.74) is 2.25. The number of ketones is 1. The van der Waals surface area contributed by atoms with Gasteiger partial charge < -0.3 is 0 Å². The number of allylic oxidation sites excluding steroid dienone is 1. The largest absolute Gasteiger partial charge is 0.295 e. The van der Waals surface area contributed by atoms with E-state index in [1.54, 1.807) is 6.08 Å². The third-order valence-corrected chi connectivity index (χ3v) is 2.73. The van der Waals surface area contributed by atoms with Crippen molar-refractivity contribution in [2.75, 3.05) is 0 Å². The van der Waals surface area contributed by atoms with E-state index in [2.05, 4.69) is 15.9 Å². The average molecular weight is 267 g/mol. The van der Waals surface area contributed by atoms with Gasteiger partial charge in [0.05, 0.1) is 0 Å². The van der Waals surface area contributed by atoms with Gasteiger partial charge in [-0.1, -0.05) is 41.9 Å². The lowest BCUT2D eigenvalue weighted by Crippen LogP contribution is -2.01. The van der Waals surface area contributed by atoms with Crippen molar-refractivity contribution in [3.63, 3.8) is 0 Å². The molecule has 1 rings (SSSR count). The molecule has 0 saturated heterocycles. The van der Waals surface area contributed by atoms with Gasteiger partial charge in [0.15, 0.2) is 5.78 Å². The summed E-state index contributed by atoms with van der Waals surface area (Å²) in [4.78, 5) is 11.4. The Hall–Kier alpha value is -0.890. The molecule has 0 saturated carbocycles. The number of hydrogen-bond acceptors (Lipinski definition) is 1. The van der Waals surface area contributed by atoms with Gasteiger partial charge in [-0.3, -0.25) is 4.79 Å². The zero-order valence-corrected chi connectivity index (χ0v) is 10.8. The molecular formula is C13H15BrO. The van der Waals surface area contributed by atoms with Crippen LogP contribution in [0.4, 0.5) is 0 Å². The van der Waals surface area contributed by atoms with Crippen LogP contribution in [0.2, 0.25) is 0 Å². The summed E-state index contributed by atoms with van der Waals surface area (Å²) in [6, 6.07) is 6.04. The topological polar surface area (TPSA) is 17.1 Å². The number of benzene rings is 1. The van der Waals surface area contributed by atoms with Gasteiger partial charge in [-0.05, 0) is 36.3 Å². The lowest BCUT2D eigenvalue weighted by Gasteiger charge is -2.01. The van der Waals surface area contributed by atoms with Crippen LogP contribution in [-0.2, 0) is 4.79 Å². The highest BCUT2D eigenvalue weighted by molar-refractivity contribution is 9.10.